The van der Waals surface area contributed by atoms with Crippen LogP contribution in [0.1, 0.15) is 39.5 Å². The predicted molar refractivity (Wildman–Crippen MR) is 97.1 cm³/mol. The molecule has 1 atom stereocenters. The summed E-state index contributed by atoms with van der Waals surface area (Å²) in [6.07, 6.45) is 6.55. The molecule has 2 rings (SSSR count). The zero-order valence-corrected chi connectivity index (χ0v) is 16.5. The van der Waals surface area contributed by atoms with Gasteiger partial charge in [0, 0.05) is 25.6 Å². The van der Waals surface area contributed by atoms with Crippen LogP contribution in [0.4, 0.5) is 5.69 Å². The lowest BCUT2D eigenvalue weighted by molar-refractivity contribution is 0.238. The summed E-state index contributed by atoms with van der Waals surface area (Å²) in [5, 5.41) is 0. The molecule has 1 aliphatic rings. The zero-order chi connectivity index (χ0) is 18.2. The molecule has 5 nitrogen and oxygen atoms in total. The monoisotopic (exact) mass is 373 g/mol. The fourth-order valence-corrected chi connectivity index (χ4v) is 5.25. The largest absolute Gasteiger partial charge is 0.370 e. The van der Waals surface area contributed by atoms with Gasteiger partial charge in [0.05, 0.1) is 15.5 Å². The normalized spacial score (nSPS) is 22.6. The number of rotatable bonds is 5. The Bertz CT molecular complexity index is 811. The number of hydrogen-bond donors (Lipinski definition) is 0. The maximum atomic E-state index is 12.2. The molecule has 1 fully saturated rings. The lowest BCUT2D eigenvalue weighted by atomic mass is 9.78. The molecule has 24 heavy (non-hydrogen) atoms. The van der Waals surface area contributed by atoms with E-state index in [1.165, 1.54) is 12.1 Å². The van der Waals surface area contributed by atoms with Gasteiger partial charge in [-0.15, -0.1) is 0 Å². The Morgan fingerprint density at radius 2 is 1.79 bits per heavy atom. The number of benzene rings is 1. The average molecular weight is 374 g/mol. The molecule has 0 spiro atoms. The third-order valence-corrected chi connectivity index (χ3v) is 6.97. The molecule has 1 aromatic carbocycles. The fourth-order valence-electron chi connectivity index (χ4n) is 3.61. The van der Waals surface area contributed by atoms with Crippen LogP contribution < -0.4 is 4.90 Å². The lowest BCUT2D eigenvalue weighted by Crippen LogP contribution is -2.42. The molecule has 1 aliphatic heterocycles. The second-order valence-corrected chi connectivity index (χ2v) is 11.3. The molecule has 1 aromatic rings. The van der Waals surface area contributed by atoms with Crippen LogP contribution in [0, 0.1) is 5.41 Å². The van der Waals surface area contributed by atoms with Gasteiger partial charge >= 0.3 is 0 Å². The Kier molecular flexibility index (Phi) is 5.35. The molecule has 0 bridgehead atoms. The highest BCUT2D eigenvalue weighted by atomic mass is 32.2. The average Bonchev–Trinajstić information content (AvgIpc) is 2.44. The topological polar surface area (TPSA) is 71.5 Å². The molecule has 0 N–H and O–H groups in total. The van der Waals surface area contributed by atoms with Crippen molar-refractivity contribution < 1.29 is 16.8 Å². The van der Waals surface area contributed by atoms with E-state index in [0.29, 0.717) is 5.69 Å². The summed E-state index contributed by atoms with van der Waals surface area (Å²) >= 11 is 0. The van der Waals surface area contributed by atoms with E-state index in [9.17, 15) is 16.8 Å². The minimum atomic E-state index is -3.52. The Balaban J connectivity index is 2.50. The number of hydrogen-bond acceptors (Lipinski definition) is 5. The van der Waals surface area contributed by atoms with Crippen LogP contribution in [0.5, 0.6) is 0 Å². The summed E-state index contributed by atoms with van der Waals surface area (Å²) in [5.74, 6) is 0. The fraction of sp³-hybridized carbons (Fsp3) is 0.647. The van der Waals surface area contributed by atoms with Gasteiger partial charge in [-0.25, -0.2) is 16.8 Å². The second-order valence-electron chi connectivity index (χ2n) is 7.26. The van der Waals surface area contributed by atoms with Gasteiger partial charge in [0.1, 0.15) is 0 Å². The maximum Gasteiger partial charge on any atom is 0.177 e. The SMILES string of the molecule is CCCC1(C)CCCN(c2ccc(S(C)(=O)=O)cc2S(C)(=O)=O)C1. The van der Waals surface area contributed by atoms with Crippen LogP contribution in [0.15, 0.2) is 28.0 Å². The second kappa shape index (κ2) is 6.67. The minimum Gasteiger partial charge on any atom is -0.370 e. The summed E-state index contributed by atoms with van der Waals surface area (Å²) in [6.45, 7) is 5.99. The summed E-state index contributed by atoms with van der Waals surface area (Å²) < 4.78 is 48.0. The van der Waals surface area contributed by atoms with Gasteiger partial charge in [-0.1, -0.05) is 20.3 Å². The molecular weight excluding hydrogens is 346 g/mol. The van der Waals surface area contributed by atoms with Crippen molar-refractivity contribution >= 4 is 25.4 Å². The van der Waals surface area contributed by atoms with Crippen LogP contribution in [-0.4, -0.2) is 42.4 Å². The van der Waals surface area contributed by atoms with Gasteiger partial charge in [-0.3, -0.25) is 0 Å². The van der Waals surface area contributed by atoms with Crippen molar-refractivity contribution in [2.75, 3.05) is 30.5 Å². The van der Waals surface area contributed by atoms with Crippen molar-refractivity contribution in [2.45, 2.75) is 49.3 Å². The van der Waals surface area contributed by atoms with Gasteiger partial charge in [-0.2, -0.15) is 0 Å². The molecule has 1 unspecified atom stereocenters. The molecule has 0 saturated carbocycles. The summed E-state index contributed by atoms with van der Waals surface area (Å²) in [5.41, 5.74) is 0.781. The van der Waals surface area contributed by atoms with Crippen molar-refractivity contribution in [2.24, 2.45) is 5.41 Å². The van der Waals surface area contributed by atoms with Gasteiger partial charge in [0.25, 0.3) is 0 Å². The molecule has 0 amide bonds. The Morgan fingerprint density at radius 1 is 1.12 bits per heavy atom. The van der Waals surface area contributed by atoms with E-state index < -0.39 is 19.7 Å². The van der Waals surface area contributed by atoms with Crippen LogP contribution in [0.25, 0.3) is 0 Å². The van der Waals surface area contributed by atoms with Crippen molar-refractivity contribution in [3.8, 4) is 0 Å². The van der Waals surface area contributed by atoms with E-state index in [1.54, 1.807) is 6.07 Å². The first kappa shape index (κ1) is 19.2. The Hall–Kier alpha value is -1.08. The van der Waals surface area contributed by atoms with Crippen molar-refractivity contribution in [1.82, 2.24) is 0 Å². The van der Waals surface area contributed by atoms with Gasteiger partial charge in [0.2, 0.25) is 0 Å². The van der Waals surface area contributed by atoms with Crippen LogP contribution in [0.3, 0.4) is 0 Å². The van der Waals surface area contributed by atoms with Crippen molar-refractivity contribution in [3.05, 3.63) is 18.2 Å². The number of piperidine rings is 1. The minimum absolute atomic E-state index is 0.0417. The first-order valence-corrected chi connectivity index (χ1v) is 12.0. The highest BCUT2D eigenvalue weighted by Crippen LogP contribution is 2.38. The van der Waals surface area contributed by atoms with Crippen molar-refractivity contribution in [1.29, 1.82) is 0 Å². The Morgan fingerprint density at radius 3 is 2.33 bits per heavy atom. The van der Waals surface area contributed by atoms with E-state index in [1.807, 2.05) is 0 Å². The highest BCUT2D eigenvalue weighted by molar-refractivity contribution is 7.91. The summed E-state index contributed by atoms with van der Waals surface area (Å²) in [6, 6.07) is 4.45. The maximum absolute atomic E-state index is 12.2. The van der Waals surface area contributed by atoms with Crippen LogP contribution >= 0.6 is 0 Å². The third-order valence-electron chi connectivity index (χ3n) is 4.73. The van der Waals surface area contributed by atoms with Gasteiger partial charge in [0.15, 0.2) is 19.7 Å². The number of sulfone groups is 2. The van der Waals surface area contributed by atoms with Gasteiger partial charge in [-0.05, 0) is 42.9 Å². The van der Waals surface area contributed by atoms with E-state index >= 15 is 0 Å². The standard InChI is InChI=1S/C17H27NO4S2/c1-5-9-17(2)10-6-11-18(13-17)15-8-7-14(23(3,19)20)12-16(15)24(4,21)22/h7-8,12H,5-6,9-11,13H2,1-4H3. The third kappa shape index (κ3) is 4.30. The van der Waals surface area contributed by atoms with Gasteiger partial charge < -0.3 is 4.90 Å². The molecule has 0 aromatic heterocycles. The molecular formula is C17H27NO4S2. The number of anilines is 1. The molecule has 1 saturated heterocycles. The first-order chi connectivity index (χ1) is 11.0. The molecule has 0 aliphatic carbocycles. The zero-order valence-electron chi connectivity index (χ0n) is 14.9. The van der Waals surface area contributed by atoms with Crippen LogP contribution in [-0.2, 0) is 19.7 Å². The first-order valence-electron chi connectivity index (χ1n) is 8.25. The Labute approximate surface area is 145 Å². The summed E-state index contributed by atoms with van der Waals surface area (Å²) in [4.78, 5) is 2.24. The molecule has 1 heterocycles. The van der Waals surface area contributed by atoms with Crippen LogP contribution in [0.2, 0.25) is 0 Å². The molecule has 0 radical (unpaired) electrons. The predicted octanol–water partition coefficient (Wildman–Crippen LogP) is 2.90. The van der Waals surface area contributed by atoms with E-state index in [-0.39, 0.29) is 15.2 Å². The van der Waals surface area contributed by atoms with E-state index in [2.05, 4.69) is 18.7 Å². The van der Waals surface area contributed by atoms with Crippen molar-refractivity contribution in [3.63, 3.8) is 0 Å². The quantitative estimate of drug-likeness (QED) is 0.793. The molecule has 7 heteroatoms. The highest BCUT2D eigenvalue weighted by Gasteiger charge is 2.32. The lowest BCUT2D eigenvalue weighted by Gasteiger charge is -2.42. The van der Waals surface area contributed by atoms with E-state index in [4.69, 9.17) is 0 Å². The van der Waals surface area contributed by atoms with E-state index in [0.717, 1.165) is 51.3 Å². The summed E-state index contributed by atoms with van der Waals surface area (Å²) in [7, 11) is -6.97. The smallest absolute Gasteiger partial charge is 0.177 e. The molecule has 136 valence electrons. The number of nitrogens with zero attached hydrogens (tertiary/aromatic N) is 1.